The molecule has 1 aromatic heterocycles. The third-order valence-electron chi connectivity index (χ3n) is 7.87. The fraction of sp³-hybridized carbons (Fsp3) is 0.414. The van der Waals surface area contributed by atoms with Crippen LogP contribution in [0.2, 0.25) is 0 Å². The van der Waals surface area contributed by atoms with Gasteiger partial charge >= 0.3 is 0 Å². The van der Waals surface area contributed by atoms with Crippen molar-refractivity contribution in [3.63, 3.8) is 0 Å². The Morgan fingerprint density at radius 3 is 2.91 bits per heavy atom. The number of carbonyl (C=O) groups excluding carboxylic acids is 1. The summed E-state index contributed by atoms with van der Waals surface area (Å²) in [6, 6.07) is 11.7. The maximum absolute atomic E-state index is 13.0. The van der Waals surface area contributed by atoms with E-state index in [2.05, 4.69) is 26.4 Å². The average Bonchev–Trinajstić information content (AvgIpc) is 3.56. The monoisotopic (exact) mass is 621 g/mol. The molecule has 232 valence electrons. The maximum atomic E-state index is 13.0. The molecule has 0 aliphatic carbocycles. The van der Waals surface area contributed by atoms with Gasteiger partial charge in [-0.3, -0.25) is 9.79 Å². The Morgan fingerprint density at radius 2 is 2.07 bits per heavy atom. The minimum Gasteiger partial charge on any atom is -0.424 e. The summed E-state index contributed by atoms with van der Waals surface area (Å²) < 4.78 is 38.1. The minimum absolute atomic E-state index is 0.0632. The van der Waals surface area contributed by atoms with Crippen molar-refractivity contribution in [1.29, 1.82) is 0 Å². The number of nitrogens with zero attached hydrogens (tertiary/aromatic N) is 6. The molecular formula is C29H35N9O5S. The Kier molecular flexibility index (Phi) is 8.44. The molecule has 2 aromatic carbocycles. The van der Waals surface area contributed by atoms with Gasteiger partial charge in [-0.25, -0.2) is 18.4 Å². The number of sulfonamides is 1. The Hall–Kier alpha value is -4.18. The lowest BCUT2D eigenvalue weighted by molar-refractivity contribution is -0.122. The fourth-order valence-corrected chi connectivity index (χ4v) is 6.96. The summed E-state index contributed by atoms with van der Waals surface area (Å²) in [4.78, 5) is 25.0. The van der Waals surface area contributed by atoms with Gasteiger partial charge in [0.1, 0.15) is 23.9 Å². The fourth-order valence-electron chi connectivity index (χ4n) is 5.64. The molecule has 1 amide bonds. The first-order chi connectivity index (χ1) is 21.2. The van der Waals surface area contributed by atoms with Gasteiger partial charge in [-0.2, -0.15) is 14.4 Å². The van der Waals surface area contributed by atoms with Crippen molar-refractivity contribution in [2.75, 3.05) is 37.8 Å². The first-order valence-corrected chi connectivity index (χ1v) is 16.1. The van der Waals surface area contributed by atoms with Crippen LogP contribution in [0.1, 0.15) is 35.6 Å². The lowest BCUT2D eigenvalue weighted by Gasteiger charge is -2.29. The number of carbonyl (C=O) groups is 1. The van der Waals surface area contributed by atoms with E-state index in [1.54, 1.807) is 6.07 Å². The van der Waals surface area contributed by atoms with E-state index < -0.39 is 16.2 Å². The third-order valence-corrected chi connectivity index (χ3v) is 9.69. The van der Waals surface area contributed by atoms with Gasteiger partial charge in [0.25, 0.3) is 6.01 Å². The average molecular weight is 622 g/mol. The Morgan fingerprint density at radius 1 is 1.20 bits per heavy atom. The number of oxazole rings is 1. The zero-order valence-electron chi connectivity index (χ0n) is 24.3. The van der Waals surface area contributed by atoms with Gasteiger partial charge in [0.2, 0.25) is 15.9 Å². The quantitative estimate of drug-likeness (QED) is 0.264. The molecule has 2 atom stereocenters. The largest absolute Gasteiger partial charge is 0.424 e. The van der Waals surface area contributed by atoms with Crippen LogP contribution in [0.5, 0.6) is 0 Å². The first-order valence-electron chi connectivity index (χ1n) is 14.5. The zero-order valence-corrected chi connectivity index (χ0v) is 25.2. The molecule has 0 saturated heterocycles. The van der Waals surface area contributed by atoms with Crippen LogP contribution in [-0.2, 0) is 39.1 Å². The molecule has 0 spiro atoms. The highest BCUT2D eigenvalue weighted by atomic mass is 32.2. The molecule has 0 fully saturated rings. The predicted octanol–water partition coefficient (Wildman–Crippen LogP) is 1.20. The van der Waals surface area contributed by atoms with Crippen molar-refractivity contribution in [3.8, 4) is 0 Å². The maximum Gasteiger partial charge on any atom is 0.292 e. The van der Waals surface area contributed by atoms with E-state index in [0.717, 1.165) is 28.0 Å². The number of hydrazone groups is 1. The van der Waals surface area contributed by atoms with E-state index in [4.69, 9.17) is 25.7 Å². The minimum atomic E-state index is -3.54. The lowest BCUT2D eigenvalue weighted by Crippen LogP contribution is -2.42. The summed E-state index contributed by atoms with van der Waals surface area (Å²) in [7, 11) is -3.54. The molecule has 3 aliphatic rings. The second-order valence-corrected chi connectivity index (χ2v) is 12.9. The van der Waals surface area contributed by atoms with Crippen molar-refractivity contribution in [2.24, 2.45) is 26.7 Å². The lowest BCUT2D eigenvalue weighted by atomic mass is 9.93. The SMILES string of the molecule is CCOCCC(=O)NCCS(=O)(=O)N1CCc2cc(CN3N=C(c4ccc5oc(N)nc5c4)C4C3=NC=NC4N)ccc2C1. The predicted molar refractivity (Wildman–Crippen MR) is 166 cm³/mol. The molecule has 14 nitrogen and oxygen atoms in total. The number of aliphatic imine (C=N–C) groups is 2. The van der Waals surface area contributed by atoms with E-state index in [9.17, 15) is 13.2 Å². The summed E-state index contributed by atoms with van der Waals surface area (Å²) in [5.74, 6) is 0.0114. The number of amides is 1. The highest BCUT2D eigenvalue weighted by molar-refractivity contribution is 7.89. The number of aromatic nitrogens is 1. The van der Waals surface area contributed by atoms with E-state index >= 15 is 0 Å². The van der Waals surface area contributed by atoms with E-state index in [1.165, 1.54) is 10.6 Å². The van der Waals surface area contributed by atoms with E-state index in [0.29, 0.717) is 49.7 Å². The standard InChI is InChI=1S/C29H35N9O5S/c1-2-42-11-8-24(39)32-9-12-44(40,41)37-10-7-19-13-18(3-4-21(19)16-37)15-38-28-25(27(30)33-17-34-28)26(36-38)20-5-6-23-22(14-20)35-29(31)43-23/h3-6,13-14,17,25,27H,2,7-12,15-16,30H2,1H3,(H2,31,35)(H,32,39). The second-order valence-electron chi connectivity index (χ2n) is 10.8. The normalized spacial score (nSPS) is 19.9. The summed E-state index contributed by atoms with van der Waals surface area (Å²) >= 11 is 0. The van der Waals surface area contributed by atoms with Crippen molar-refractivity contribution < 1.29 is 22.4 Å². The smallest absolute Gasteiger partial charge is 0.292 e. The van der Waals surface area contributed by atoms with Crippen molar-refractivity contribution in [2.45, 2.75) is 39.0 Å². The number of nitrogens with two attached hydrogens (primary N) is 2. The highest BCUT2D eigenvalue weighted by Crippen LogP contribution is 2.31. The van der Waals surface area contributed by atoms with Crippen LogP contribution in [0.4, 0.5) is 6.01 Å². The molecule has 6 rings (SSSR count). The van der Waals surface area contributed by atoms with Crippen LogP contribution in [-0.4, -0.2) is 84.7 Å². The summed E-state index contributed by atoms with van der Waals surface area (Å²) in [6.45, 7) is 3.89. The molecule has 4 heterocycles. The Bertz CT molecular complexity index is 1770. The molecule has 15 heteroatoms. The molecule has 0 saturated carbocycles. The zero-order chi connectivity index (χ0) is 30.8. The van der Waals surface area contributed by atoms with Gasteiger partial charge in [0.15, 0.2) is 5.58 Å². The van der Waals surface area contributed by atoms with Crippen LogP contribution in [0, 0.1) is 5.92 Å². The molecule has 5 N–H and O–H groups in total. The number of hydrogen-bond donors (Lipinski definition) is 3. The highest BCUT2D eigenvalue weighted by Gasteiger charge is 2.40. The number of nitrogen functional groups attached to an aromatic ring is 1. The van der Waals surface area contributed by atoms with Crippen LogP contribution in [0.3, 0.4) is 0 Å². The van der Waals surface area contributed by atoms with Crippen molar-refractivity contribution in [3.05, 3.63) is 58.7 Å². The molecule has 44 heavy (non-hydrogen) atoms. The third kappa shape index (κ3) is 6.22. The van der Waals surface area contributed by atoms with Gasteiger partial charge in [-0.05, 0) is 48.2 Å². The molecule has 3 aromatic rings. The number of hydrogen-bond acceptors (Lipinski definition) is 12. The number of rotatable bonds is 11. The molecule has 3 aliphatic heterocycles. The topological polar surface area (TPSA) is 194 Å². The van der Waals surface area contributed by atoms with Gasteiger partial charge in [-0.15, -0.1) is 0 Å². The van der Waals surface area contributed by atoms with Crippen molar-refractivity contribution in [1.82, 2.24) is 19.6 Å². The number of anilines is 1. The Labute approximate surface area is 254 Å². The second kappa shape index (κ2) is 12.4. The first kappa shape index (κ1) is 29.9. The van der Waals surface area contributed by atoms with Gasteiger partial charge < -0.3 is 25.9 Å². The van der Waals surface area contributed by atoms with E-state index in [-0.39, 0.29) is 43.1 Å². The van der Waals surface area contributed by atoms with E-state index in [1.807, 2.05) is 36.2 Å². The number of fused-ring (bicyclic) bond motifs is 3. The summed E-state index contributed by atoms with van der Waals surface area (Å²) in [5, 5.41) is 9.43. The van der Waals surface area contributed by atoms with Crippen LogP contribution in [0.25, 0.3) is 11.1 Å². The van der Waals surface area contributed by atoms with Crippen LogP contribution in [0.15, 0.2) is 55.9 Å². The summed E-state index contributed by atoms with van der Waals surface area (Å²) in [5.41, 5.74) is 18.0. The van der Waals surface area contributed by atoms with Crippen molar-refractivity contribution >= 4 is 50.9 Å². The molecule has 0 radical (unpaired) electrons. The van der Waals surface area contributed by atoms with Gasteiger partial charge in [0.05, 0.1) is 30.5 Å². The summed E-state index contributed by atoms with van der Waals surface area (Å²) in [6.07, 6.45) is 1.72. The van der Waals surface area contributed by atoms with Gasteiger partial charge in [0, 0.05) is 38.2 Å². The number of nitrogens with one attached hydrogen (secondary N) is 1. The Balaban J connectivity index is 1.13. The molecule has 0 bridgehead atoms. The number of amidine groups is 1. The molecular weight excluding hydrogens is 586 g/mol. The number of ether oxygens (including phenoxy) is 1. The van der Waals surface area contributed by atoms with Crippen LogP contribution < -0.4 is 16.8 Å². The number of benzene rings is 2. The van der Waals surface area contributed by atoms with Crippen LogP contribution >= 0.6 is 0 Å². The van der Waals surface area contributed by atoms with Gasteiger partial charge in [-0.1, -0.05) is 18.2 Å². The molecule has 2 unspecified atom stereocenters.